The Balaban J connectivity index is 1.50. The number of H-pyrrole nitrogens is 2. The summed E-state index contributed by atoms with van der Waals surface area (Å²) in [6.45, 7) is 2.77. The number of imidazole rings is 1. The third-order valence-corrected chi connectivity index (χ3v) is 4.07. The van der Waals surface area contributed by atoms with Crippen molar-refractivity contribution in [1.82, 2.24) is 19.9 Å². The van der Waals surface area contributed by atoms with Gasteiger partial charge < -0.3 is 24.9 Å². The highest BCUT2D eigenvalue weighted by Gasteiger charge is 2.17. The molecule has 1 saturated heterocycles. The fourth-order valence-corrected chi connectivity index (χ4v) is 2.81. The maximum atomic E-state index is 14.0. The molecule has 0 aliphatic carbocycles. The third kappa shape index (κ3) is 3.31. The van der Waals surface area contributed by atoms with E-state index < -0.39 is 5.82 Å². The van der Waals surface area contributed by atoms with Crippen LogP contribution >= 0.6 is 0 Å². The van der Waals surface area contributed by atoms with E-state index in [1.165, 1.54) is 6.20 Å². The van der Waals surface area contributed by atoms with Crippen molar-refractivity contribution in [1.29, 1.82) is 0 Å². The average molecular weight is 344 g/mol. The van der Waals surface area contributed by atoms with Gasteiger partial charge in [0.15, 0.2) is 11.6 Å². The van der Waals surface area contributed by atoms with Crippen molar-refractivity contribution in [2.24, 2.45) is 0 Å². The lowest BCUT2D eigenvalue weighted by Gasteiger charge is -2.28. The van der Waals surface area contributed by atoms with Gasteiger partial charge >= 0.3 is 5.69 Å². The third-order valence-electron chi connectivity index (χ3n) is 4.07. The van der Waals surface area contributed by atoms with Gasteiger partial charge in [0, 0.05) is 19.6 Å². The monoisotopic (exact) mass is 344 g/mol. The molecule has 2 aromatic heterocycles. The Bertz CT molecular complexity index is 947. The molecule has 9 heteroatoms. The minimum atomic E-state index is -0.446. The minimum Gasteiger partial charge on any atom is -0.378 e. The van der Waals surface area contributed by atoms with E-state index in [0.717, 1.165) is 16.6 Å². The maximum absolute atomic E-state index is 14.0. The van der Waals surface area contributed by atoms with Gasteiger partial charge in [0.05, 0.1) is 30.4 Å². The number of hydrogen-bond acceptors (Lipinski definition) is 6. The van der Waals surface area contributed by atoms with Crippen LogP contribution in [0, 0.1) is 5.82 Å². The quantitative estimate of drug-likeness (QED) is 0.658. The van der Waals surface area contributed by atoms with E-state index in [1.807, 2.05) is 23.1 Å². The predicted molar refractivity (Wildman–Crippen MR) is 91.3 cm³/mol. The van der Waals surface area contributed by atoms with Gasteiger partial charge in [-0.2, -0.15) is 4.98 Å². The smallest absolute Gasteiger partial charge is 0.323 e. The van der Waals surface area contributed by atoms with E-state index in [9.17, 15) is 9.18 Å². The zero-order chi connectivity index (χ0) is 17.2. The SMILES string of the molecule is O=c1[nH]c2ccc(CNc3ncc(F)c(N4CCOCC4)n3)cc2[nH]1. The molecule has 0 unspecified atom stereocenters. The molecule has 4 rings (SSSR count). The number of nitrogens with one attached hydrogen (secondary N) is 3. The van der Waals surface area contributed by atoms with Gasteiger partial charge in [-0.15, -0.1) is 0 Å². The molecule has 3 aromatic rings. The second-order valence-electron chi connectivity index (χ2n) is 5.78. The average Bonchev–Trinajstić information content (AvgIpc) is 3.01. The molecule has 130 valence electrons. The van der Waals surface area contributed by atoms with Crippen molar-refractivity contribution in [3.8, 4) is 0 Å². The van der Waals surface area contributed by atoms with E-state index >= 15 is 0 Å². The number of anilines is 2. The number of aromatic amines is 2. The van der Waals surface area contributed by atoms with Gasteiger partial charge in [-0.3, -0.25) is 0 Å². The van der Waals surface area contributed by atoms with Crippen molar-refractivity contribution >= 4 is 22.8 Å². The van der Waals surface area contributed by atoms with Crippen molar-refractivity contribution < 1.29 is 9.13 Å². The standard InChI is InChI=1S/C16H17FN6O2/c17-11-9-19-15(22-14(11)23-3-5-25-6-4-23)18-8-10-1-2-12-13(7-10)21-16(24)20-12/h1-2,7,9H,3-6,8H2,(H,18,19,22)(H2,20,21,24). The number of nitrogens with zero attached hydrogens (tertiary/aromatic N) is 3. The van der Waals surface area contributed by atoms with Crippen molar-refractivity contribution in [2.45, 2.75) is 6.54 Å². The Morgan fingerprint density at radius 1 is 1.24 bits per heavy atom. The zero-order valence-electron chi connectivity index (χ0n) is 13.4. The van der Waals surface area contributed by atoms with Gasteiger partial charge in [0.2, 0.25) is 5.95 Å². The summed E-state index contributed by atoms with van der Waals surface area (Å²) in [6, 6.07) is 5.59. The highest BCUT2D eigenvalue weighted by atomic mass is 19.1. The van der Waals surface area contributed by atoms with Gasteiger partial charge in [-0.05, 0) is 17.7 Å². The number of fused-ring (bicyclic) bond motifs is 1. The van der Waals surface area contributed by atoms with Crippen LogP contribution in [0.1, 0.15) is 5.56 Å². The van der Waals surface area contributed by atoms with Crippen molar-refractivity contribution in [2.75, 3.05) is 36.5 Å². The number of rotatable bonds is 4. The van der Waals surface area contributed by atoms with Crippen LogP contribution in [0.25, 0.3) is 11.0 Å². The fourth-order valence-electron chi connectivity index (χ4n) is 2.81. The molecule has 1 aromatic carbocycles. The highest BCUT2D eigenvalue weighted by Crippen LogP contribution is 2.19. The van der Waals surface area contributed by atoms with Crippen LogP contribution < -0.4 is 15.9 Å². The van der Waals surface area contributed by atoms with E-state index in [0.29, 0.717) is 38.8 Å². The van der Waals surface area contributed by atoms with E-state index in [1.54, 1.807) is 0 Å². The summed E-state index contributed by atoms with van der Waals surface area (Å²) in [5, 5.41) is 3.09. The Labute approximate surface area is 142 Å². The van der Waals surface area contributed by atoms with Crippen LogP contribution in [-0.2, 0) is 11.3 Å². The summed E-state index contributed by atoms with van der Waals surface area (Å²) in [5.74, 6) is 0.190. The molecule has 0 saturated carbocycles. The molecule has 1 aliphatic rings. The van der Waals surface area contributed by atoms with Crippen molar-refractivity contribution in [3.05, 3.63) is 46.3 Å². The molecule has 0 atom stereocenters. The molecular formula is C16H17FN6O2. The maximum Gasteiger partial charge on any atom is 0.323 e. The molecule has 8 nitrogen and oxygen atoms in total. The minimum absolute atomic E-state index is 0.239. The fraction of sp³-hybridized carbons (Fsp3) is 0.312. The van der Waals surface area contributed by atoms with E-state index in [4.69, 9.17) is 4.74 Å². The first kappa shape index (κ1) is 15.6. The van der Waals surface area contributed by atoms with Gasteiger partial charge in [0.25, 0.3) is 0 Å². The Hall–Kier alpha value is -2.94. The van der Waals surface area contributed by atoms with E-state index in [2.05, 4.69) is 25.3 Å². The number of benzene rings is 1. The summed E-state index contributed by atoms with van der Waals surface area (Å²) in [6.07, 6.45) is 1.17. The molecule has 0 radical (unpaired) electrons. The number of halogens is 1. The molecule has 0 bridgehead atoms. The number of ether oxygens (including phenoxy) is 1. The topological polar surface area (TPSA) is 98.9 Å². The predicted octanol–water partition coefficient (Wildman–Crippen LogP) is 1.23. The lowest BCUT2D eigenvalue weighted by molar-refractivity contribution is 0.122. The highest BCUT2D eigenvalue weighted by molar-refractivity contribution is 5.75. The first-order valence-electron chi connectivity index (χ1n) is 7.99. The molecular weight excluding hydrogens is 327 g/mol. The van der Waals surface area contributed by atoms with Gasteiger partial charge in [0.1, 0.15) is 0 Å². The molecule has 1 aliphatic heterocycles. The van der Waals surface area contributed by atoms with Crippen LogP contribution in [-0.4, -0.2) is 46.2 Å². The molecule has 3 heterocycles. The normalized spacial score (nSPS) is 14.8. The molecule has 0 spiro atoms. The Kier molecular flexibility index (Phi) is 4.06. The Morgan fingerprint density at radius 3 is 2.88 bits per heavy atom. The van der Waals surface area contributed by atoms with Crippen molar-refractivity contribution in [3.63, 3.8) is 0 Å². The lowest BCUT2D eigenvalue weighted by Crippen LogP contribution is -2.37. The summed E-state index contributed by atoms with van der Waals surface area (Å²) >= 11 is 0. The number of morpholine rings is 1. The summed E-state index contributed by atoms with van der Waals surface area (Å²) in [4.78, 5) is 26.8. The first-order chi connectivity index (χ1) is 12.2. The van der Waals surface area contributed by atoms with Crippen LogP contribution in [0.3, 0.4) is 0 Å². The zero-order valence-corrected chi connectivity index (χ0v) is 13.4. The summed E-state index contributed by atoms with van der Waals surface area (Å²) in [5.41, 5.74) is 2.19. The second kappa shape index (κ2) is 6.52. The number of hydrogen-bond donors (Lipinski definition) is 3. The first-order valence-corrected chi connectivity index (χ1v) is 7.99. The van der Waals surface area contributed by atoms with E-state index in [-0.39, 0.29) is 11.5 Å². The van der Waals surface area contributed by atoms with Gasteiger partial charge in [-0.1, -0.05) is 6.07 Å². The second-order valence-corrected chi connectivity index (χ2v) is 5.78. The molecule has 0 amide bonds. The van der Waals surface area contributed by atoms with Gasteiger partial charge in [-0.25, -0.2) is 14.2 Å². The van der Waals surface area contributed by atoms with Crippen LogP contribution in [0.5, 0.6) is 0 Å². The van der Waals surface area contributed by atoms with Crippen LogP contribution in [0.15, 0.2) is 29.2 Å². The van der Waals surface area contributed by atoms with Crippen LogP contribution in [0.2, 0.25) is 0 Å². The molecule has 25 heavy (non-hydrogen) atoms. The lowest BCUT2D eigenvalue weighted by atomic mass is 10.2. The summed E-state index contributed by atoms with van der Waals surface area (Å²) in [7, 11) is 0. The van der Waals surface area contributed by atoms with Crippen LogP contribution in [0.4, 0.5) is 16.2 Å². The largest absolute Gasteiger partial charge is 0.378 e. The summed E-state index contributed by atoms with van der Waals surface area (Å²) < 4.78 is 19.3. The molecule has 3 N–H and O–H groups in total. The Morgan fingerprint density at radius 2 is 2.04 bits per heavy atom. The molecule has 1 fully saturated rings. The number of aromatic nitrogens is 4.